The van der Waals surface area contributed by atoms with E-state index >= 15 is 0 Å². The molecule has 0 radical (unpaired) electrons. The fourth-order valence-electron chi connectivity index (χ4n) is 2.55. The van der Waals surface area contributed by atoms with Gasteiger partial charge in [0.15, 0.2) is 12.7 Å². The lowest BCUT2D eigenvalue weighted by Gasteiger charge is -2.19. The Kier molecular flexibility index (Phi) is 7.87. The molecular weight excluding hydrogens is 338 g/mol. The molecule has 1 aromatic carbocycles. The van der Waals surface area contributed by atoms with Crippen molar-refractivity contribution in [3.8, 4) is 5.75 Å². The lowest BCUT2D eigenvalue weighted by atomic mass is 10.2. The molecule has 0 bridgehead atoms. The number of rotatable bonds is 9. The topological polar surface area (TPSA) is 74.3 Å². The monoisotopic (exact) mass is 365 g/mol. The summed E-state index contributed by atoms with van der Waals surface area (Å²) in [4.78, 5) is 25.6. The number of hydrogen-bond donors (Lipinski definition) is 0. The van der Waals surface area contributed by atoms with Crippen LogP contribution in [0.3, 0.4) is 0 Å². The minimum Gasteiger partial charge on any atom is -0.497 e. The Hall–Kier alpha value is -2.12. The number of methoxy groups -OCH3 is 1. The quantitative estimate of drug-likeness (QED) is 0.621. The largest absolute Gasteiger partial charge is 0.497 e. The van der Waals surface area contributed by atoms with E-state index in [4.69, 9.17) is 18.9 Å². The zero-order valence-electron chi connectivity index (χ0n) is 15.6. The lowest BCUT2D eigenvalue weighted by molar-refractivity contribution is -0.162. The SMILES string of the molecule is COc1ccc(CN(C)C(=O)COC(=O)C(C)OCC2CCCO2)cc1. The van der Waals surface area contributed by atoms with Crippen LogP contribution in [0.15, 0.2) is 24.3 Å². The Bertz CT molecular complexity index is 582. The third-order valence-corrected chi connectivity index (χ3v) is 4.23. The molecule has 1 heterocycles. The van der Waals surface area contributed by atoms with E-state index in [1.807, 2.05) is 24.3 Å². The van der Waals surface area contributed by atoms with E-state index in [9.17, 15) is 9.59 Å². The van der Waals surface area contributed by atoms with Gasteiger partial charge in [-0.3, -0.25) is 4.79 Å². The maximum atomic E-state index is 12.1. The van der Waals surface area contributed by atoms with Gasteiger partial charge in [0.05, 0.1) is 19.8 Å². The highest BCUT2D eigenvalue weighted by atomic mass is 16.6. The molecule has 144 valence electrons. The third-order valence-electron chi connectivity index (χ3n) is 4.23. The number of esters is 1. The van der Waals surface area contributed by atoms with E-state index in [1.54, 1.807) is 21.1 Å². The van der Waals surface area contributed by atoms with Crippen molar-refractivity contribution in [3.63, 3.8) is 0 Å². The molecule has 1 saturated heterocycles. The first kappa shape index (κ1) is 20.2. The highest BCUT2D eigenvalue weighted by Crippen LogP contribution is 2.14. The van der Waals surface area contributed by atoms with Crippen LogP contribution in [0.25, 0.3) is 0 Å². The number of hydrogen-bond acceptors (Lipinski definition) is 6. The first-order valence-electron chi connectivity index (χ1n) is 8.76. The van der Waals surface area contributed by atoms with E-state index < -0.39 is 12.1 Å². The molecule has 0 N–H and O–H groups in total. The fourth-order valence-corrected chi connectivity index (χ4v) is 2.55. The van der Waals surface area contributed by atoms with Crippen LogP contribution in [0.4, 0.5) is 0 Å². The van der Waals surface area contributed by atoms with Gasteiger partial charge in [0.25, 0.3) is 5.91 Å². The van der Waals surface area contributed by atoms with Gasteiger partial charge >= 0.3 is 5.97 Å². The molecule has 1 aromatic rings. The van der Waals surface area contributed by atoms with Crippen LogP contribution in [0.2, 0.25) is 0 Å². The smallest absolute Gasteiger partial charge is 0.335 e. The number of ether oxygens (including phenoxy) is 4. The van der Waals surface area contributed by atoms with Gasteiger partial charge in [-0.2, -0.15) is 0 Å². The van der Waals surface area contributed by atoms with Gasteiger partial charge in [-0.15, -0.1) is 0 Å². The third kappa shape index (κ3) is 6.31. The molecule has 0 spiro atoms. The number of carbonyl (C=O) groups excluding carboxylic acids is 2. The van der Waals surface area contributed by atoms with Crippen molar-refractivity contribution in [1.29, 1.82) is 0 Å². The maximum Gasteiger partial charge on any atom is 0.335 e. The molecule has 0 saturated carbocycles. The summed E-state index contributed by atoms with van der Waals surface area (Å²) in [5.41, 5.74) is 0.959. The van der Waals surface area contributed by atoms with Crippen LogP contribution >= 0.6 is 0 Å². The van der Waals surface area contributed by atoms with E-state index in [2.05, 4.69) is 0 Å². The van der Waals surface area contributed by atoms with E-state index in [1.165, 1.54) is 4.90 Å². The van der Waals surface area contributed by atoms with Crippen LogP contribution in [0, 0.1) is 0 Å². The molecule has 1 aliphatic heterocycles. The van der Waals surface area contributed by atoms with Gasteiger partial charge < -0.3 is 23.8 Å². The summed E-state index contributed by atoms with van der Waals surface area (Å²) in [6, 6.07) is 7.44. The fraction of sp³-hybridized carbons (Fsp3) is 0.579. The number of carbonyl (C=O) groups is 2. The molecular formula is C19H27NO6. The van der Waals surface area contributed by atoms with Gasteiger partial charge in [-0.05, 0) is 37.5 Å². The number of amides is 1. The van der Waals surface area contributed by atoms with E-state index in [0.717, 1.165) is 30.8 Å². The summed E-state index contributed by atoms with van der Waals surface area (Å²) in [6.45, 7) is 2.83. The van der Waals surface area contributed by atoms with Gasteiger partial charge in [0, 0.05) is 20.2 Å². The van der Waals surface area contributed by atoms with Crippen LogP contribution in [-0.2, 0) is 30.3 Å². The van der Waals surface area contributed by atoms with Crippen molar-refractivity contribution >= 4 is 11.9 Å². The second-order valence-electron chi connectivity index (χ2n) is 6.32. The number of benzene rings is 1. The van der Waals surface area contributed by atoms with Crippen LogP contribution in [-0.4, -0.2) is 63.0 Å². The first-order valence-corrected chi connectivity index (χ1v) is 8.76. The first-order chi connectivity index (χ1) is 12.5. The second-order valence-corrected chi connectivity index (χ2v) is 6.32. The van der Waals surface area contributed by atoms with E-state index in [0.29, 0.717) is 13.2 Å². The predicted octanol–water partition coefficient (Wildman–Crippen LogP) is 1.78. The molecule has 2 unspecified atom stereocenters. The van der Waals surface area contributed by atoms with Crippen molar-refractivity contribution in [2.45, 2.75) is 38.5 Å². The molecule has 1 aliphatic rings. The Morgan fingerprint density at radius 1 is 1.31 bits per heavy atom. The van der Waals surface area contributed by atoms with Crippen molar-refractivity contribution in [2.75, 3.05) is 34.0 Å². The molecule has 0 aromatic heterocycles. The Morgan fingerprint density at radius 2 is 2.04 bits per heavy atom. The summed E-state index contributed by atoms with van der Waals surface area (Å²) >= 11 is 0. The standard InChI is InChI=1S/C19H27NO6/c1-14(25-12-17-5-4-10-24-17)19(22)26-13-18(21)20(2)11-15-6-8-16(23-3)9-7-15/h6-9,14,17H,4-5,10-13H2,1-3H3. The van der Waals surface area contributed by atoms with Crippen molar-refractivity contribution in [2.24, 2.45) is 0 Å². The molecule has 1 fully saturated rings. The van der Waals surface area contributed by atoms with Gasteiger partial charge in [0.2, 0.25) is 0 Å². The molecule has 1 amide bonds. The van der Waals surface area contributed by atoms with Crippen LogP contribution in [0.1, 0.15) is 25.3 Å². The van der Waals surface area contributed by atoms with Gasteiger partial charge in [-0.1, -0.05) is 12.1 Å². The zero-order valence-corrected chi connectivity index (χ0v) is 15.6. The Labute approximate surface area is 154 Å². The summed E-state index contributed by atoms with van der Waals surface area (Å²) < 4.78 is 21.1. The minimum absolute atomic E-state index is 0.0440. The number of likely N-dealkylation sites (N-methyl/N-ethyl adjacent to an activating group) is 1. The summed E-state index contributed by atoms with van der Waals surface area (Å²) in [5.74, 6) is -0.0664. The average Bonchev–Trinajstić information content (AvgIpc) is 3.18. The molecule has 26 heavy (non-hydrogen) atoms. The van der Waals surface area contributed by atoms with Crippen LogP contribution < -0.4 is 4.74 Å². The van der Waals surface area contributed by atoms with Crippen molar-refractivity contribution in [3.05, 3.63) is 29.8 Å². The highest BCUT2D eigenvalue weighted by Gasteiger charge is 2.22. The minimum atomic E-state index is -0.723. The molecule has 0 aliphatic carbocycles. The molecule has 2 rings (SSSR count). The Morgan fingerprint density at radius 3 is 2.65 bits per heavy atom. The lowest BCUT2D eigenvalue weighted by Crippen LogP contribution is -2.33. The maximum absolute atomic E-state index is 12.1. The van der Waals surface area contributed by atoms with Crippen LogP contribution in [0.5, 0.6) is 5.75 Å². The predicted molar refractivity (Wildman–Crippen MR) is 94.8 cm³/mol. The normalized spacial score (nSPS) is 17.6. The summed E-state index contributed by atoms with van der Waals surface area (Å²) in [7, 11) is 3.27. The summed E-state index contributed by atoms with van der Waals surface area (Å²) in [6.07, 6.45) is 1.28. The molecule has 7 heteroatoms. The van der Waals surface area contributed by atoms with Crippen molar-refractivity contribution < 1.29 is 28.5 Å². The summed E-state index contributed by atoms with van der Waals surface area (Å²) in [5, 5.41) is 0. The average molecular weight is 365 g/mol. The van der Waals surface area contributed by atoms with Gasteiger partial charge in [0.1, 0.15) is 5.75 Å². The van der Waals surface area contributed by atoms with Gasteiger partial charge in [-0.25, -0.2) is 4.79 Å². The van der Waals surface area contributed by atoms with E-state index in [-0.39, 0.29) is 18.6 Å². The highest BCUT2D eigenvalue weighted by molar-refractivity contribution is 5.81. The van der Waals surface area contributed by atoms with Crippen molar-refractivity contribution in [1.82, 2.24) is 4.90 Å². The molecule has 2 atom stereocenters. The molecule has 7 nitrogen and oxygen atoms in total. The zero-order chi connectivity index (χ0) is 18.9. The Balaban J connectivity index is 1.69. The number of nitrogens with zero attached hydrogens (tertiary/aromatic N) is 1. The second kappa shape index (κ2) is 10.1.